The van der Waals surface area contributed by atoms with Crippen molar-refractivity contribution < 1.29 is 14.3 Å². The topological polar surface area (TPSA) is 66.1 Å². The molecule has 2 heterocycles. The van der Waals surface area contributed by atoms with Crippen LogP contribution in [0.3, 0.4) is 0 Å². The normalized spacial score (nSPS) is 25.0. The van der Waals surface area contributed by atoms with E-state index in [2.05, 4.69) is 24.7 Å². The zero-order valence-corrected chi connectivity index (χ0v) is 17.0. The monoisotopic (exact) mass is 376 g/mol. The molecule has 0 saturated carbocycles. The smallest absolute Gasteiger partial charge is 0.244 e. The highest BCUT2D eigenvalue weighted by Gasteiger charge is 2.30. The fraction of sp³-hybridized carbons (Fsp3) is 0.650. The van der Waals surface area contributed by atoms with Gasteiger partial charge in [0.25, 0.3) is 0 Å². The van der Waals surface area contributed by atoms with Crippen LogP contribution in [0, 0.1) is 5.92 Å². The first-order valence-corrected chi connectivity index (χ1v) is 9.70. The van der Waals surface area contributed by atoms with E-state index in [0.717, 1.165) is 30.7 Å². The Hall–Kier alpha value is -1.83. The Morgan fingerprint density at radius 2 is 1.81 bits per heavy atom. The Morgan fingerprint density at radius 3 is 2.48 bits per heavy atom. The van der Waals surface area contributed by atoms with Crippen LogP contribution in [-0.4, -0.2) is 62.3 Å². The zero-order chi connectivity index (χ0) is 19.6. The number of amides is 1. The maximum Gasteiger partial charge on any atom is 0.244 e. The Kier molecular flexibility index (Phi) is 6.24. The summed E-state index contributed by atoms with van der Waals surface area (Å²) in [5, 5.41) is 0. The van der Waals surface area contributed by atoms with Crippen LogP contribution in [0.2, 0.25) is 0 Å². The van der Waals surface area contributed by atoms with Gasteiger partial charge in [0, 0.05) is 25.7 Å². The minimum Gasteiger partial charge on any atom is -0.454 e. The van der Waals surface area contributed by atoms with Crippen LogP contribution >= 0.6 is 0 Å². The largest absolute Gasteiger partial charge is 0.454 e. The third-order valence-corrected chi connectivity index (χ3v) is 5.69. The molecule has 3 unspecified atom stereocenters. The highest BCUT2D eigenvalue weighted by molar-refractivity contribution is 5.83. The van der Waals surface area contributed by atoms with Crippen molar-refractivity contribution in [3.8, 4) is 11.5 Å². The number of nitrogens with zero attached hydrogens (tertiary/aromatic N) is 2. The van der Waals surface area contributed by atoms with Crippen molar-refractivity contribution in [3.63, 3.8) is 0 Å². The van der Waals surface area contributed by atoms with Gasteiger partial charge in [0.1, 0.15) is 6.04 Å². The number of benzene rings is 1. The van der Waals surface area contributed by atoms with Crippen LogP contribution in [0.25, 0.3) is 0 Å². The van der Waals surface area contributed by atoms with Gasteiger partial charge in [-0.25, -0.2) is 0 Å². The summed E-state index contributed by atoms with van der Waals surface area (Å²) >= 11 is 0. The van der Waals surface area contributed by atoms with Gasteiger partial charge in [-0.05, 0) is 64.4 Å². The molecule has 27 heavy (non-hydrogen) atoms. The van der Waals surface area contributed by atoms with Gasteiger partial charge in [0.05, 0.1) is 0 Å². The highest BCUT2D eigenvalue weighted by Crippen LogP contribution is 2.35. The minimum atomic E-state index is -0.336. The molecule has 3 rings (SSSR count). The van der Waals surface area contributed by atoms with Crippen molar-refractivity contribution in [1.29, 1.82) is 0 Å². The van der Waals surface area contributed by atoms with Crippen LogP contribution in [0.5, 0.6) is 11.5 Å². The molecule has 0 aliphatic carbocycles. The number of ether oxygens (including phenoxy) is 2. The Balaban J connectivity index is 1.61. The number of hydrazine groups is 1. The number of rotatable bonds is 7. The molecule has 0 radical (unpaired) electrons. The molecule has 0 bridgehead atoms. The van der Waals surface area contributed by atoms with Gasteiger partial charge in [-0.1, -0.05) is 6.07 Å². The van der Waals surface area contributed by atoms with Gasteiger partial charge in [-0.2, -0.15) is 0 Å². The molecule has 150 valence electrons. The Bertz CT molecular complexity index is 657. The lowest BCUT2D eigenvalue weighted by Gasteiger charge is -2.29. The van der Waals surface area contributed by atoms with Crippen molar-refractivity contribution in [1.82, 2.24) is 20.7 Å². The van der Waals surface area contributed by atoms with E-state index in [0.29, 0.717) is 23.8 Å². The van der Waals surface area contributed by atoms with E-state index in [1.165, 1.54) is 0 Å². The van der Waals surface area contributed by atoms with Crippen molar-refractivity contribution in [2.24, 2.45) is 5.92 Å². The van der Waals surface area contributed by atoms with Crippen LogP contribution in [0.15, 0.2) is 18.2 Å². The number of carbonyl (C=O) groups excluding carboxylic acids is 1. The van der Waals surface area contributed by atoms with Gasteiger partial charge in [0.2, 0.25) is 12.7 Å². The van der Waals surface area contributed by atoms with E-state index >= 15 is 0 Å². The molecule has 2 aliphatic heterocycles. The fourth-order valence-electron chi connectivity index (χ4n) is 4.04. The summed E-state index contributed by atoms with van der Waals surface area (Å²) < 4.78 is 10.9. The SMILES string of the molecule is CC1NNC(C)C1CCCN(C)C(=O)C(c1ccc2c(c1)OCO2)N(C)C. The van der Waals surface area contributed by atoms with E-state index in [9.17, 15) is 4.79 Å². The minimum absolute atomic E-state index is 0.0997. The van der Waals surface area contributed by atoms with E-state index in [1.807, 2.05) is 49.1 Å². The standard InChI is InChI=1S/C20H32N4O3/c1-13-16(14(2)22-21-13)7-6-10-24(5)20(25)19(23(3)4)15-8-9-17-18(11-15)27-12-26-17/h8-9,11,13-14,16,19,21-22H,6-7,10,12H2,1-5H3. The molecule has 1 saturated heterocycles. The van der Waals surface area contributed by atoms with E-state index in [1.54, 1.807) is 0 Å². The molecule has 0 spiro atoms. The van der Waals surface area contributed by atoms with Crippen molar-refractivity contribution in [2.75, 3.05) is 34.5 Å². The maximum atomic E-state index is 13.1. The molecule has 7 heteroatoms. The zero-order valence-electron chi connectivity index (χ0n) is 17.0. The molecule has 2 aliphatic rings. The molecule has 3 atom stereocenters. The lowest BCUT2D eigenvalue weighted by molar-refractivity contribution is -0.135. The quantitative estimate of drug-likeness (QED) is 0.756. The summed E-state index contributed by atoms with van der Waals surface area (Å²) in [5.41, 5.74) is 7.52. The second kappa shape index (κ2) is 8.46. The molecular formula is C20H32N4O3. The number of carbonyl (C=O) groups is 1. The van der Waals surface area contributed by atoms with E-state index < -0.39 is 0 Å². The van der Waals surface area contributed by atoms with Crippen LogP contribution in [0.1, 0.15) is 38.3 Å². The third-order valence-electron chi connectivity index (χ3n) is 5.69. The van der Waals surface area contributed by atoms with Crippen LogP contribution < -0.4 is 20.3 Å². The summed E-state index contributed by atoms with van der Waals surface area (Å²) in [7, 11) is 5.75. The lowest BCUT2D eigenvalue weighted by atomic mass is 9.91. The second-order valence-electron chi connectivity index (χ2n) is 7.91. The van der Waals surface area contributed by atoms with E-state index in [-0.39, 0.29) is 18.7 Å². The average Bonchev–Trinajstić information content (AvgIpc) is 3.22. The summed E-state index contributed by atoms with van der Waals surface area (Å²) in [6.45, 7) is 5.40. The molecule has 1 amide bonds. The average molecular weight is 377 g/mol. The number of fused-ring (bicyclic) bond motifs is 1. The Labute approximate surface area is 162 Å². The first-order chi connectivity index (χ1) is 12.9. The maximum absolute atomic E-state index is 13.1. The molecule has 1 aromatic carbocycles. The van der Waals surface area contributed by atoms with Gasteiger partial charge in [0.15, 0.2) is 11.5 Å². The summed E-state index contributed by atoms with van der Waals surface area (Å²) in [6.07, 6.45) is 2.09. The molecule has 0 aromatic heterocycles. The van der Waals surface area contributed by atoms with Gasteiger partial charge >= 0.3 is 0 Å². The first-order valence-electron chi connectivity index (χ1n) is 9.70. The van der Waals surface area contributed by atoms with Gasteiger partial charge in [-0.15, -0.1) is 0 Å². The van der Waals surface area contributed by atoms with Crippen LogP contribution in [-0.2, 0) is 4.79 Å². The number of likely N-dealkylation sites (N-methyl/N-ethyl adjacent to an activating group) is 2. The van der Waals surface area contributed by atoms with Crippen molar-refractivity contribution in [3.05, 3.63) is 23.8 Å². The summed E-state index contributed by atoms with van der Waals surface area (Å²) in [5.74, 6) is 2.13. The second-order valence-corrected chi connectivity index (χ2v) is 7.91. The van der Waals surface area contributed by atoms with Crippen LogP contribution in [0.4, 0.5) is 0 Å². The van der Waals surface area contributed by atoms with Gasteiger partial charge in [-0.3, -0.25) is 20.5 Å². The molecule has 1 fully saturated rings. The predicted molar refractivity (Wildman–Crippen MR) is 105 cm³/mol. The Morgan fingerprint density at radius 1 is 1.15 bits per heavy atom. The van der Waals surface area contributed by atoms with E-state index in [4.69, 9.17) is 9.47 Å². The number of hydrogen-bond donors (Lipinski definition) is 2. The summed E-state index contributed by atoms with van der Waals surface area (Å²) in [4.78, 5) is 16.9. The van der Waals surface area contributed by atoms with Gasteiger partial charge < -0.3 is 14.4 Å². The first kappa shape index (κ1) is 19.9. The highest BCUT2D eigenvalue weighted by atomic mass is 16.7. The fourth-order valence-corrected chi connectivity index (χ4v) is 4.04. The molecule has 7 nitrogen and oxygen atoms in total. The number of hydrogen-bond acceptors (Lipinski definition) is 6. The molecule has 2 N–H and O–H groups in total. The summed E-state index contributed by atoms with van der Waals surface area (Å²) in [6, 6.07) is 6.33. The van der Waals surface area contributed by atoms with Crippen molar-refractivity contribution in [2.45, 2.75) is 44.8 Å². The van der Waals surface area contributed by atoms with Crippen molar-refractivity contribution >= 4 is 5.91 Å². The molecule has 1 aromatic rings. The number of nitrogens with one attached hydrogen (secondary N) is 2. The predicted octanol–water partition coefficient (Wildman–Crippen LogP) is 1.76. The molecular weight excluding hydrogens is 344 g/mol. The third kappa shape index (κ3) is 4.36. The lowest BCUT2D eigenvalue weighted by Crippen LogP contribution is -2.39.